The van der Waals surface area contributed by atoms with E-state index in [2.05, 4.69) is 30.0 Å². The van der Waals surface area contributed by atoms with Crippen molar-refractivity contribution in [1.29, 1.82) is 0 Å². The number of nitrogens with one attached hydrogen (secondary N) is 1. The number of hydrogen-bond acceptors (Lipinski definition) is 2. The van der Waals surface area contributed by atoms with E-state index in [1.54, 1.807) is 6.20 Å². The smallest absolute Gasteiger partial charge is 0.209 e. The van der Waals surface area contributed by atoms with Gasteiger partial charge in [-0.1, -0.05) is 56.4 Å². The van der Waals surface area contributed by atoms with Gasteiger partial charge < -0.3 is 9.88 Å². The van der Waals surface area contributed by atoms with Gasteiger partial charge in [0.05, 0.1) is 5.69 Å². The van der Waals surface area contributed by atoms with Crippen LogP contribution in [0.15, 0.2) is 42.6 Å². The van der Waals surface area contributed by atoms with E-state index in [1.165, 1.54) is 50.6 Å². The van der Waals surface area contributed by atoms with Gasteiger partial charge in [0.15, 0.2) is 0 Å². The van der Waals surface area contributed by atoms with Crippen molar-refractivity contribution < 1.29 is 4.79 Å². The van der Waals surface area contributed by atoms with E-state index >= 15 is 0 Å². The Kier molecular flexibility index (Phi) is 8.47. The fraction of sp³-hybridized carbons (Fsp3) is 0.500. The molecule has 0 amide bonds. The van der Waals surface area contributed by atoms with Crippen molar-refractivity contribution in [3.63, 3.8) is 0 Å². The summed E-state index contributed by atoms with van der Waals surface area (Å²) in [6, 6.07) is 11.7. The number of aryl methyl sites for hydroxylation is 1. The monoisotopic (exact) mass is 340 g/mol. The van der Waals surface area contributed by atoms with Gasteiger partial charge in [-0.25, -0.2) is 0 Å². The number of aromatic amines is 1. The highest BCUT2D eigenvalue weighted by molar-refractivity contribution is 6.08. The molecule has 1 aromatic carbocycles. The summed E-state index contributed by atoms with van der Waals surface area (Å²) in [4.78, 5) is 17.9. The van der Waals surface area contributed by atoms with E-state index in [0.717, 1.165) is 18.4 Å². The van der Waals surface area contributed by atoms with Crippen LogP contribution in [-0.4, -0.2) is 36.3 Å². The molecular formula is C22H32N2O. The zero-order valence-corrected chi connectivity index (χ0v) is 15.8. The van der Waals surface area contributed by atoms with Gasteiger partial charge in [-0.3, -0.25) is 4.79 Å². The van der Waals surface area contributed by atoms with Crippen molar-refractivity contribution in [2.45, 2.75) is 51.4 Å². The third-order valence-electron chi connectivity index (χ3n) is 4.66. The Labute approximate surface area is 152 Å². The van der Waals surface area contributed by atoms with Gasteiger partial charge in [-0.05, 0) is 57.6 Å². The standard InChI is InChI=1S/C22H32N2O/c1-24(2)18-11-7-5-3-4-6-8-13-19-14-9-10-15-20(19)22(25)21-16-12-17-23-21/h9-10,12,14-17,23H,3-8,11,13,18H2,1-2H3. The van der Waals surface area contributed by atoms with Crippen molar-refractivity contribution in [1.82, 2.24) is 9.88 Å². The molecule has 25 heavy (non-hydrogen) atoms. The molecule has 1 heterocycles. The molecule has 3 nitrogen and oxygen atoms in total. The first-order valence-electron chi connectivity index (χ1n) is 9.59. The topological polar surface area (TPSA) is 36.1 Å². The van der Waals surface area contributed by atoms with E-state index in [1.807, 2.05) is 30.3 Å². The van der Waals surface area contributed by atoms with Crippen molar-refractivity contribution in [3.05, 3.63) is 59.4 Å². The number of nitrogens with zero attached hydrogens (tertiary/aromatic N) is 1. The highest BCUT2D eigenvalue weighted by Gasteiger charge is 2.13. The van der Waals surface area contributed by atoms with E-state index in [4.69, 9.17) is 0 Å². The molecule has 2 rings (SSSR count). The number of hydrogen-bond donors (Lipinski definition) is 1. The summed E-state index contributed by atoms with van der Waals surface area (Å²) in [5.41, 5.74) is 2.69. The summed E-state index contributed by atoms with van der Waals surface area (Å²) in [7, 11) is 4.27. The summed E-state index contributed by atoms with van der Waals surface area (Å²) in [5, 5.41) is 0. The third kappa shape index (κ3) is 6.87. The van der Waals surface area contributed by atoms with Gasteiger partial charge >= 0.3 is 0 Å². The molecule has 0 aliphatic rings. The van der Waals surface area contributed by atoms with Crippen molar-refractivity contribution in [3.8, 4) is 0 Å². The van der Waals surface area contributed by atoms with Gasteiger partial charge in [-0.15, -0.1) is 0 Å². The molecule has 1 N–H and O–H groups in total. The van der Waals surface area contributed by atoms with Crippen LogP contribution in [0, 0.1) is 0 Å². The van der Waals surface area contributed by atoms with Gasteiger partial charge in [0, 0.05) is 11.8 Å². The maximum absolute atomic E-state index is 12.6. The average molecular weight is 341 g/mol. The van der Waals surface area contributed by atoms with Crippen LogP contribution < -0.4 is 0 Å². The Bertz CT molecular complexity index is 617. The molecule has 1 aromatic heterocycles. The molecule has 0 atom stereocenters. The molecular weight excluding hydrogens is 308 g/mol. The molecule has 0 aliphatic carbocycles. The number of rotatable bonds is 12. The first-order valence-corrected chi connectivity index (χ1v) is 9.59. The van der Waals surface area contributed by atoms with Crippen LogP contribution in [0.4, 0.5) is 0 Å². The molecule has 0 saturated carbocycles. The average Bonchev–Trinajstić information content (AvgIpc) is 3.14. The molecule has 0 aliphatic heterocycles. The number of ketones is 1. The maximum atomic E-state index is 12.6. The molecule has 0 fully saturated rings. The molecule has 2 aromatic rings. The van der Waals surface area contributed by atoms with Gasteiger partial charge in [0.2, 0.25) is 5.78 Å². The second-order valence-electron chi connectivity index (χ2n) is 7.10. The summed E-state index contributed by atoms with van der Waals surface area (Å²) in [6.07, 6.45) is 11.8. The fourth-order valence-corrected chi connectivity index (χ4v) is 3.20. The van der Waals surface area contributed by atoms with Gasteiger partial charge in [0.1, 0.15) is 0 Å². The van der Waals surface area contributed by atoms with Crippen LogP contribution in [0.3, 0.4) is 0 Å². The van der Waals surface area contributed by atoms with Crippen LogP contribution in [0.1, 0.15) is 66.6 Å². The number of benzene rings is 1. The van der Waals surface area contributed by atoms with Crippen LogP contribution in [-0.2, 0) is 6.42 Å². The van der Waals surface area contributed by atoms with Crippen molar-refractivity contribution in [2.75, 3.05) is 20.6 Å². The lowest BCUT2D eigenvalue weighted by atomic mass is 9.97. The lowest BCUT2D eigenvalue weighted by Crippen LogP contribution is -2.12. The number of carbonyl (C=O) groups is 1. The number of aromatic nitrogens is 1. The highest BCUT2D eigenvalue weighted by atomic mass is 16.1. The first-order chi connectivity index (χ1) is 12.2. The molecule has 136 valence electrons. The summed E-state index contributed by atoms with van der Waals surface area (Å²) < 4.78 is 0. The zero-order chi connectivity index (χ0) is 17.9. The zero-order valence-electron chi connectivity index (χ0n) is 15.8. The van der Waals surface area contributed by atoms with Crippen LogP contribution in [0.2, 0.25) is 0 Å². The molecule has 0 radical (unpaired) electrons. The van der Waals surface area contributed by atoms with Gasteiger partial charge in [-0.2, -0.15) is 0 Å². The van der Waals surface area contributed by atoms with E-state index in [0.29, 0.717) is 5.69 Å². The number of carbonyl (C=O) groups excluding carboxylic acids is 1. The Morgan fingerprint density at radius 1 is 0.880 bits per heavy atom. The summed E-state index contributed by atoms with van der Waals surface area (Å²) >= 11 is 0. The first kappa shape index (κ1) is 19.5. The van der Waals surface area contributed by atoms with E-state index in [-0.39, 0.29) is 5.78 Å². The number of unbranched alkanes of at least 4 members (excludes halogenated alkanes) is 6. The minimum atomic E-state index is 0.0986. The van der Waals surface area contributed by atoms with E-state index < -0.39 is 0 Å². The Morgan fingerprint density at radius 2 is 1.56 bits per heavy atom. The largest absolute Gasteiger partial charge is 0.359 e. The second-order valence-corrected chi connectivity index (χ2v) is 7.10. The minimum Gasteiger partial charge on any atom is -0.359 e. The van der Waals surface area contributed by atoms with Gasteiger partial charge in [0.25, 0.3) is 0 Å². The van der Waals surface area contributed by atoms with Crippen LogP contribution in [0.25, 0.3) is 0 Å². The predicted octanol–water partition coefficient (Wildman–Crippen LogP) is 5.08. The van der Waals surface area contributed by atoms with Crippen molar-refractivity contribution in [2.24, 2.45) is 0 Å². The Balaban J connectivity index is 1.69. The second kappa shape index (κ2) is 10.9. The quantitative estimate of drug-likeness (QED) is 0.432. The van der Waals surface area contributed by atoms with E-state index in [9.17, 15) is 4.79 Å². The highest BCUT2D eigenvalue weighted by Crippen LogP contribution is 2.17. The summed E-state index contributed by atoms with van der Waals surface area (Å²) in [6.45, 7) is 1.20. The van der Waals surface area contributed by atoms with Crippen LogP contribution in [0.5, 0.6) is 0 Å². The molecule has 0 unspecified atom stereocenters. The maximum Gasteiger partial charge on any atom is 0.209 e. The lowest BCUT2D eigenvalue weighted by molar-refractivity contribution is 0.103. The third-order valence-corrected chi connectivity index (χ3v) is 4.66. The number of H-pyrrole nitrogens is 1. The Morgan fingerprint density at radius 3 is 2.24 bits per heavy atom. The fourth-order valence-electron chi connectivity index (χ4n) is 3.20. The molecule has 0 bridgehead atoms. The molecule has 0 spiro atoms. The Hall–Kier alpha value is -1.87. The SMILES string of the molecule is CN(C)CCCCCCCCCc1ccccc1C(=O)c1ccc[nH]1. The molecule has 3 heteroatoms. The minimum absolute atomic E-state index is 0.0986. The van der Waals surface area contributed by atoms with Crippen molar-refractivity contribution >= 4 is 5.78 Å². The molecule has 0 saturated heterocycles. The normalized spacial score (nSPS) is 11.2. The van der Waals surface area contributed by atoms with Crippen LogP contribution >= 0.6 is 0 Å². The predicted molar refractivity (Wildman–Crippen MR) is 105 cm³/mol. The summed E-state index contributed by atoms with van der Waals surface area (Å²) in [5.74, 6) is 0.0986. The lowest BCUT2D eigenvalue weighted by Gasteiger charge is -2.09.